The summed E-state index contributed by atoms with van der Waals surface area (Å²) in [5.74, 6) is 0.706. The van der Waals surface area contributed by atoms with Crippen LogP contribution in [0.5, 0.6) is 0 Å². The lowest BCUT2D eigenvalue weighted by Gasteiger charge is -2.09. The fourth-order valence-corrected chi connectivity index (χ4v) is 2.95. The second-order valence-corrected chi connectivity index (χ2v) is 6.17. The van der Waals surface area contributed by atoms with E-state index >= 15 is 0 Å². The first kappa shape index (κ1) is 16.0. The summed E-state index contributed by atoms with van der Waals surface area (Å²) >= 11 is 0. The third-order valence-corrected chi connectivity index (χ3v) is 4.29. The van der Waals surface area contributed by atoms with Crippen LogP contribution in [0.3, 0.4) is 0 Å². The molecule has 0 radical (unpaired) electrons. The van der Waals surface area contributed by atoms with E-state index in [9.17, 15) is 4.79 Å². The van der Waals surface area contributed by atoms with E-state index in [1.165, 1.54) is 5.56 Å². The molecule has 0 atom stereocenters. The molecule has 2 heterocycles. The van der Waals surface area contributed by atoms with Gasteiger partial charge in [0.25, 0.3) is 0 Å². The van der Waals surface area contributed by atoms with Gasteiger partial charge < -0.3 is 20.0 Å². The number of hydrogen-bond acceptors (Lipinski definition) is 2. The number of benzene rings is 2. The van der Waals surface area contributed by atoms with Crippen molar-refractivity contribution < 1.29 is 9.21 Å². The molecule has 0 bridgehead atoms. The van der Waals surface area contributed by atoms with Crippen molar-refractivity contribution in [1.82, 2.24) is 10.3 Å². The number of para-hydroxylation sites is 1. The standard InChI is InChI=1S/C21H19N3O2/c1-14-8-10-15(11-9-14)19-20(17-6-2-3-7-18(17)23-19)24-21(25)22-13-16-5-4-12-26-16/h2-12,23H,13H2,1H3,(H2,22,24,25). The maximum Gasteiger partial charge on any atom is 0.319 e. The summed E-state index contributed by atoms with van der Waals surface area (Å²) in [5.41, 5.74) is 4.84. The number of amides is 2. The van der Waals surface area contributed by atoms with Crippen LogP contribution >= 0.6 is 0 Å². The van der Waals surface area contributed by atoms with Gasteiger partial charge in [-0.15, -0.1) is 0 Å². The van der Waals surface area contributed by atoms with Crippen LogP contribution in [0.4, 0.5) is 10.5 Å². The summed E-state index contributed by atoms with van der Waals surface area (Å²) in [6.07, 6.45) is 1.59. The number of aryl methyl sites for hydroxylation is 1. The first-order valence-corrected chi connectivity index (χ1v) is 8.46. The smallest absolute Gasteiger partial charge is 0.319 e. The average molecular weight is 345 g/mol. The Labute approximate surface area is 151 Å². The largest absolute Gasteiger partial charge is 0.467 e. The van der Waals surface area contributed by atoms with E-state index in [0.29, 0.717) is 12.3 Å². The summed E-state index contributed by atoms with van der Waals surface area (Å²) in [7, 11) is 0. The number of H-pyrrole nitrogens is 1. The van der Waals surface area contributed by atoms with Gasteiger partial charge in [-0.05, 0) is 25.1 Å². The fraction of sp³-hybridized carbons (Fsp3) is 0.0952. The molecule has 0 unspecified atom stereocenters. The quantitative estimate of drug-likeness (QED) is 0.484. The molecule has 2 amide bonds. The van der Waals surface area contributed by atoms with Crippen molar-refractivity contribution in [2.24, 2.45) is 0 Å². The molecule has 0 aliphatic heterocycles. The molecule has 0 spiro atoms. The number of anilines is 1. The minimum Gasteiger partial charge on any atom is -0.467 e. The first-order valence-electron chi connectivity index (χ1n) is 8.46. The van der Waals surface area contributed by atoms with Gasteiger partial charge in [0.2, 0.25) is 0 Å². The molecule has 4 aromatic rings. The predicted molar refractivity (Wildman–Crippen MR) is 103 cm³/mol. The van der Waals surface area contributed by atoms with Crippen LogP contribution in [-0.4, -0.2) is 11.0 Å². The number of carbonyl (C=O) groups excluding carboxylic acids is 1. The second kappa shape index (κ2) is 6.80. The third kappa shape index (κ3) is 3.19. The number of urea groups is 1. The summed E-state index contributed by atoms with van der Waals surface area (Å²) in [4.78, 5) is 15.8. The number of carbonyl (C=O) groups is 1. The van der Waals surface area contributed by atoms with Gasteiger partial charge in [0.15, 0.2) is 0 Å². The number of fused-ring (bicyclic) bond motifs is 1. The zero-order valence-corrected chi connectivity index (χ0v) is 14.4. The Bertz CT molecular complexity index is 1030. The van der Waals surface area contributed by atoms with Gasteiger partial charge in [-0.3, -0.25) is 0 Å². The normalized spacial score (nSPS) is 10.8. The van der Waals surface area contributed by atoms with Crippen LogP contribution in [0.25, 0.3) is 22.2 Å². The van der Waals surface area contributed by atoms with Gasteiger partial charge in [-0.2, -0.15) is 0 Å². The van der Waals surface area contributed by atoms with Crippen LogP contribution < -0.4 is 10.6 Å². The second-order valence-electron chi connectivity index (χ2n) is 6.17. The molecular formula is C21H19N3O2. The molecule has 0 aliphatic rings. The molecule has 0 fully saturated rings. The Hall–Kier alpha value is -3.47. The van der Waals surface area contributed by atoms with Gasteiger partial charge in [-0.1, -0.05) is 48.0 Å². The lowest BCUT2D eigenvalue weighted by atomic mass is 10.1. The Morgan fingerprint density at radius 1 is 1.04 bits per heavy atom. The highest BCUT2D eigenvalue weighted by atomic mass is 16.3. The molecule has 130 valence electrons. The maximum atomic E-state index is 12.4. The van der Waals surface area contributed by atoms with E-state index in [0.717, 1.165) is 27.8 Å². The van der Waals surface area contributed by atoms with Crippen LogP contribution in [-0.2, 0) is 6.54 Å². The number of aromatic amines is 1. The monoisotopic (exact) mass is 345 g/mol. The molecule has 2 aromatic carbocycles. The van der Waals surface area contributed by atoms with Crippen molar-refractivity contribution in [3.8, 4) is 11.3 Å². The highest BCUT2D eigenvalue weighted by molar-refractivity contribution is 6.07. The number of rotatable bonds is 4. The molecule has 26 heavy (non-hydrogen) atoms. The SMILES string of the molecule is Cc1ccc(-c2[nH]c3ccccc3c2NC(=O)NCc2ccco2)cc1. The summed E-state index contributed by atoms with van der Waals surface area (Å²) in [6, 6.07) is 19.5. The van der Waals surface area contributed by atoms with Crippen molar-refractivity contribution >= 4 is 22.6 Å². The van der Waals surface area contributed by atoms with Gasteiger partial charge in [-0.25, -0.2) is 4.79 Å². The molecule has 5 heteroatoms. The van der Waals surface area contributed by atoms with E-state index in [1.807, 2.05) is 42.5 Å². The van der Waals surface area contributed by atoms with Crippen LogP contribution in [0.1, 0.15) is 11.3 Å². The zero-order chi connectivity index (χ0) is 17.9. The van der Waals surface area contributed by atoms with E-state index in [4.69, 9.17) is 4.42 Å². The zero-order valence-electron chi connectivity index (χ0n) is 14.4. The highest BCUT2D eigenvalue weighted by Crippen LogP contribution is 2.35. The van der Waals surface area contributed by atoms with Gasteiger partial charge >= 0.3 is 6.03 Å². The van der Waals surface area contributed by atoms with Gasteiger partial charge in [0, 0.05) is 16.5 Å². The molecule has 4 rings (SSSR count). The van der Waals surface area contributed by atoms with E-state index in [2.05, 4.69) is 34.7 Å². The summed E-state index contributed by atoms with van der Waals surface area (Å²) in [6.45, 7) is 2.39. The lowest BCUT2D eigenvalue weighted by Crippen LogP contribution is -2.28. The van der Waals surface area contributed by atoms with Crippen LogP contribution in [0, 0.1) is 6.92 Å². The molecule has 0 saturated heterocycles. The Balaban J connectivity index is 1.65. The lowest BCUT2D eigenvalue weighted by molar-refractivity contribution is 0.251. The molecule has 5 nitrogen and oxygen atoms in total. The topological polar surface area (TPSA) is 70.1 Å². The highest BCUT2D eigenvalue weighted by Gasteiger charge is 2.15. The summed E-state index contributed by atoms with van der Waals surface area (Å²) in [5, 5.41) is 6.77. The van der Waals surface area contributed by atoms with Crippen molar-refractivity contribution in [1.29, 1.82) is 0 Å². The first-order chi connectivity index (χ1) is 12.7. The van der Waals surface area contributed by atoms with Crippen LogP contribution in [0.15, 0.2) is 71.3 Å². The predicted octanol–water partition coefficient (Wildman–Crippen LogP) is 5.06. The number of furan rings is 1. The minimum atomic E-state index is -0.278. The molecule has 3 N–H and O–H groups in total. The van der Waals surface area contributed by atoms with Crippen molar-refractivity contribution in [3.05, 3.63) is 78.3 Å². The molecular weight excluding hydrogens is 326 g/mol. The van der Waals surface area contributed by atoms with Crippen LogP contribution in [0.2, 0.25) is 0 Å². The van der Waals surface area contributed by atoms with E-state index in [1.54, 1.807) is 12.3 Å². The van der Waals surface area contributed by atoms with E-state index < -0.39 is 0 Å². The Kier molecular flexibility index (Phi) is 4.19. The molecule has 0 saturated carbocycles. The van der Waals surface area contributed by atoms with Gasteiger partial charge in [0.1, 0.15) is 5.76 Å². The number of aromatic nitrogens is 1. The van der Waals surface area contributed by atoms with Crippen molar-refractivity contribution in [2.75, 3.05) is 5.32 Å². The molecule has 0 aliphatic carbocycles. The Morgan fingerprint density at radius 2 is 1.85 bits per heavy atom. The minimum absolute atomic E-state index is 0.278. The summed E-state index contributed by atoms with van der Waals surface area (Å²) < 4.78 is 5.24. The van der Waals surface area contributed by atoms with Gasteiger partial charge in [0.05, 0.1) is 24.2 Å². The Morgan fingerprint density at radius 3 is 2.62 bits per heavy atom. The molecule has 2 aromatic heterocycles. The average Bonchev–Trinajstić information content (AvgIpc) is 3.29. The maximum absolute atomic E-state index is 12.4. The van der Waals surface area contributed by atoms with Crippen molar-refractivity contribution in [3.63, 3.8) is 0 Å². The number of hydrogen-bond donors (Lipinski definition) is 3. The van der Waals surface area contributed by atoms with E-state index in [-0.39, 0.29) is 6.03 Å². The third-order valence-electron chi connectivity index (χ3n) is 4.29. The fourth-order valence-electron chi connectivity index (χ4n) is 2.95. The van der Waals surface area contributed by atoms with Crippen molar-refractivity contribution in [2.45, 2.75) is 13.5 Å². The number of nitrogens with one attached hydrogen (secondary N) is 3.